The molecule has 0 bridgehead atoms. The van der Waals surface area contributed by atoms with Crippen molar-refractivity contribution in [3.8, 4) is 0 Å². The van der Waals surface area contributed by atoms with E-state index in [1.54, 1.807) is 6.26 Å². The van der Waals surface area contributed by atoms with E-state index in [0.29, 0.717) is 6.42 Å². The summed E-state index contributed by atoms with van der Waals surface area (Å²) in [6, 6.07) is 3.78. The zero-order valence-electron chi connectivity index (χ0n) is 9.27. The van der Waals surface area contributed by atoms with Gasteiger partial charge in [-0.1, -0.05) is 0 Å². The van der Waals surface area contributed by atoms with E-state index in [4.69, 9.17) is 4.42 Å². The lowest BCUT2D eigenvalue weighted by molar-refractivity contribution is 0.0759. The molecule has 0 saturated carbocycles. The maximum absolute atomic E-state index is 10.1. The minimum Gasteiger partial charge on any atom is -0.469 e. The van der Waals surface area contributed by atoms with Gasteiger partial charge in [0.1, 0.15) is 22.4 Å². The van der Waals surface area contributed by atoms with Crippen LogP contribution in [0.4, 0.5) is 0 Å². The molecule has 2 aromatic heterocycles. The quantitative estimate of drug-likeness (QED) is 0.927. The Bertz CT molecular complexity index is 519. The summed E-state index contributed by atoms with van der Waals surface area (Å²) in [7, 11) is 0. The van der Waals surface area contributed by atoms with Gasteiger partial charge in [0, 0.05) is 0 Å². The van der Waals surface area contributed by atoms with Crippen LogP contribution in [0.15, 0.2) is 27.4 Å². The topological polar surface area (TPSA) is 51.2 Å². The smallest absolute Gasteiger partial charge is 0.132 e. The van der Waals surface area contributed by atoms with Gasteiger partial charge >= 0.3 is 0 Å². The molecule has 4 nitrogen and oxygen atoms in total. The van der Waals surface area contributed by atoms with Crippen LogP contribution in [0.5, 0.6) is 0 Å². The molecule has 1 aliphatic heterocycles. The molecule has 17 heavy (non-hydrogen) atoms. The fraction of sp³-hybridized carbons (Fsp3) is 0.417. The van der Waals surface area contributed by atoms with Crippen molar-refractivity contribution in [1.82, 2.24) is 9.55 Å². The van der Waals surface area contributed by atoms with Gasteiger partial charge in [-0.25, -0.2) is 4.98 Å². The molecule has 0 saturated heterocycles. The third kappa shape index (κ3) is 1.93. The van der Waals surface area contributed by atoms with E-state index in [-0.39, 0.29) is 0 Å². The van der Waals surface area contributed by atoms with Gasteiger partial charge in [-0.15, -0.1) is 0 Å². The molecule has 0 fully saturated rings. The number of hydrogen-bond acceptors (Lipinski definition) is 3. The lowest BCUT2D eigenvalue weighted by atomic mass is 10.1. The first-order valence-corrected chi connectivity index (χ1v) is 6.51. The number of fused-ring (bicyclic) bond motifs is 1. The number of aliphatic hydroxyl groups is 1. The number of furan rings is 1. The fourth-order valence-electron chi connectivity index (χ4n) is 2.34. The molecular weight excluding hydrogens is 284 g/mol. The van der Waals surface area contributed by atoms with E-state index in [9.17, 15) is 5.11 Å². The summed E-state index contributed by atoms with van der Waals surface area (Å²) >= 11 is 3.46. The molecule has 90 valence electrons. The number of rotatable bonds is 2. The number of aromatic nitrogens is 2. The van der Waals surface area contributed by atoms with Crippen molar-refractivity contribution in [1.29, 1.82) is 0 Å². The molecule has 0 radical (unpaired) electrons. The zero-order chi connectivity index (χ0) is 11.8. The van der Waals surface area contributed by atoms with Crippen LogP contribution in [-0.4, -0.2) is 14.7 Å². The van der Waals surface area contributed by atoms with Crippen LogP contribution in [0.25, 0.3) is 0 Å². The van der Waals surface area contributed by atoms with Gasteiger partial charge in [0.2, 0.25) is 0 Å². The van der Waals surface area contributed by atoms with Crippen LogP contribution < -0.4 is 0 Å². The summed E-state index contributed by atoms with van der Waals surface area (Å²) in [6.45, 7) is 0. The molecule has 1 unspecified atom stereocenters. The first kappa shape index (κ1) is 11.0. The van der Waals surface area contributed by atoms with Crippen molar-refractivity contribution < 1.29 is 9.52 Å². The fourth-order valence-corrected chi connectivity index (χ4v) is 2.93. The summed E-state index contributed by atoms with van der Waals surface area (Å²) in [5, 5.41) is 10.1. The van der Waals surface area contributed by atoms with Gasteiger partial charge < -0.3 is 14.1 Å². The molecule has 0 aliphatic carbocycles. The van der Waals surface area contributed by atoms with Crippen LogP contribution in [0, 0.1) is 0 Å². The summed E-state index contributed by atoms with van der Waals surface area (Å²) in [5.74, 6) is 1.72. The van der Waals surface area contributed by atoms with Crippen molar-refractivity contribution in [3.63, 3.8) is 0 Å². The Morgan fingerprint density at radius 1 is 1.59 bits per heavy atom. The van der Waals surface area contributed by atoms with Gasteiger partial charge in [0.05, 0.1) is 18.4 Å². The predicted octanol–water partition coefficient (Wildman–Crippen LogP) is 2.66. The molecule has 5 heteroatoms. The second kappa shape index (κ2) is 4.31. The lowest BCUT2D eigenvalue weighted by Crippen LogP contribution is -2.19. The van der Waals surface area contributed by atoms with Crippen LogP contribution >= 0.6 is 15.9 Å². The molecule has 0 spiro atoms. The summed E-state index contributed by atoms with van der Waals surface area (Å²) in [4.78, 5) is 4.48. The molecule has 0 amide bonds. The van der Waals surface area contributed by atoms with Crippen LogP contribution in [0.3, 0.4) is 0 Å². The standard InChI is InChI=1S/C12H13BrN2O2/c13-12-9-4-1-5-11(16)15(9)10(14-12)7-8-3-2-6-17-8/h2-3,6,11,16H,1,4-5,7H2. The Hall–Kier alpha value is -1.07. The van der Waals surface area contributed by atoms with E-state index in [0.717, 1.165) is 41.1 Å². The average Bonchev–Trinajstić information content (AvgIpc) is 2.90. The first-order valence-electron chi connectivity index (χ1n) is 5.71. The number of aliphatic hydroxyl groups excluding tert-OH is 1. The van der Waals surface area contributed by atoms with Crippen molar-refractivity contribution in [3.05, 3.63) is 40.3 Å². The van der Waals surface area contributed by atoms with Gasteiger partial charge in [-0.3, -0.25) is 0 Å². The number of halogens is 1. The number of hydrogen-bond donors (Lipinski definition) is 1. The van der Waals surface area contributed by atoms with Crippen molar-refractivity contribution >= 4 is 15.9 Å². The number of imidazole rings is 1. The molecular formula is C12H13BrN2O2. The van der Waals surface area contributed by atoms with E-state index in [1.807, 2.05) is 16.7 Å². The molecule has 3 heterocycles. The Morgan fingerprint density at radius 2 is 2.47 bits per heavy atom. The summed E-state index contributed by atoms with van der Waals surface area (Å²) in [5.41, 5.74) is 1.09. The Kier molecular flexibility index (Phi) is 2.80. The van der Waals surface area contributed by atoms with Gasteiger partial charge in [0.15, 0.2) is 0 Å². The van der Waals surface area contributed by atoms with Gasteiger partial charge in [-0.05, 0) is 47.3 Å². The second-order valence-electron chi connectivity index (χ2n) is 4.26. The third-order valence-electron chi connectivity index (χ3n) is 3.12. The molecule has 1 aliphatic rings. The van der Waals surface area contributed by atoms with E-state index < -0.39 is 6.23 Å². The van der Waals surface area contributed by atoms with Gasteiger partial charge in [0.25, 0.3) is 0 Å². The summed E-state index contributed by atoms with van der Waals surface area (Å²) in [6.07, 6.45) is 4.57. The zero-order valence-corrected chi connectivity index (χ0v) is 10.9. The van der Waals surface area contributed by atoms with Crippen molar-refractivity contribution in [2.45, 2.75) is 31.9 Å². The molecule has 2 aromatic rings. The lowest BCUT2D eigenvalue weighted by Gasteiger charge is -2.22. The molecule has 3 rings (SSSR count). The highest BCUT2D eigenvalue weighted by Gasteiger charge is 2.24. The molecule has 0 aromatic carbocycles. The number of nitrogens with zero attached hydrogens (tertiary/aromatic N) is 2. The molecule has 1 atom stereocenters. The highest BCUT2D eigenvalue weighted by Crippen LogP contribution is 2.30. The van der Waals surface area contributed by atoms with Gasteiger partial charge in [-0.2, -0.15) is 0 Å². The highest BCUT2D eigenvalue weighted by atomic mass is 79.9. The van der Waals surface area contributed by atoms with Crippen molar-refractivity contribution in [2.75, 3.05) is 0 Å². The van der Waals surface area contributed by atoms with Crippen LogP contribution in [-0.2, 0) is 12.8 Å². The maximum Gasteiger partial charge on any atom is 0.132 e. The molecule has 1 N–H and O–H groups in total. The Labute approximate surface area is 107 Å². The average molecular weight is 297 g/mol. The van der Waals surface area contributed by atoms with E-state index >= 15 is 0 Å². The Balaban J connectivity index is 2.00. The third-order valence-corrected chi connectivity index (χ3v) is 3.76. The first-order chi connectivity index (χ1) is 8.25. The second-order valence-corrected chi connectivity index (χ2v) is 5.02. The largest absolute Gasteiger partial charge is 0.469 e. The van der Waals surface area contributed by atoms with Crippen molar-refractivity contribution in [2.24, 2.45) is 0 Å². The minimum absolute atomic E-state index is 0.456. The van der Waals surface area contributed by atoms with E-state index in [1.165, 1.54) is 0 Å². The Morgan fingerprint density at radius 3 is 3.24 bits per heavy atom. The normalized spacial score (nSPS) is 19.3. The SMILES string of the molecule is OC1CCCc2c(Br)nc(Cc3ccco3)n21. The summed E-state index contributed by atoms with van der Waals surface area (Å²) < 4.78 is 8.09. The monoisotopic (exact) mass is 296 g/mol. The van der Waals surface area contributed by atoms with E-state index in [2.05, 4.69) is 20.9 Å². The predicted molar refractivity (Wildman–Crippen MR) is 65.6 cm³/mol. The van der Waals surface area contributed by atoms with Crippen LogP contribution in [0.1, 0.15) is 36.3 Å². The maximum atomic E-state index is 10.1. The highest BCUT2D eigenvalue weighted by molar-refractivity contribution is 9.10. The van der Waals surface area contributed by atoms with Crippen LogP contribution in [0.2, 0.25) is 0 Å². The minimum atomic E-state index is -0.456.